The summed E-state index contributed by atoms with van der Waals surface area (Å²) in [5.74, 6) is 0. The van der Waals surface area contributed by atoms with Gasteiger partial charge < -0.3 is 16.1 Å². The van der Waals surface area contributed by atoms with E-state index in [4.69, 9.17) is 10.9 Å². The second-order valence-corrected chi connectivity index (χ2v) is 2.03. The van der Waals surface area contributed by atoms with E-state index in [0.29, 0.717) is 26.1 Å². The van der Waals surface area contributed by atoms with E-state index in [1.54, 1.807) is 6.92 Å². The minimum Gasteiger partial charge on any atom is -0.569 e. The van der Waals surface area contributed by atoms with Crippen molar-refractivity contribution in [1.29, 1.82) is 0 Å². The molecule has 0 radical (unpaired) electrons. The van der Waals surface area contributed by atoms with Gasteiger partial charge in [-0.05, 0) is 19.9 Å². The standard InChI is InChI=1S/C5H14N4O2/c1-2-8(5-3-4-6)9(11)7-10/h10H,2-6H2,1H3/b9-7+. The lowest BCUT2D eigenvalue weighted by molar-refractivity contribution is -0.709. The Bertz CT molecular complexity index is 128. The van der Waals surface area contributed by atoms with Crippen molar-refractivity contribution < 1.29 is 10.2 Å². The van der Waals surface area contributed by atoms with Crippen LogP contribution in [0, 0.1) is 5.21 Å². The van der Waals surface area contributed by atoms with Gasteiger partial charge >= 0.3 is 0 Å². The van der Waals surface area contributed by atoms with Gasteiger partial charge in [0.05, 0.1) is 18.1 Å². The van der Waals surface area contributed by atoms with Crippen molar-refractivity contribution in [1.82, 2.24) is 5.01 Å². The van der Waals surface area contributed by atoms with Crippen LogP contribution in [0.15, 0.2) is 5.28 Å². The van der Waals surface area contributed by atoms with Crippen molar-refractivity contribution >= 4 is 0 Å². The highest BCUT2D eigenvalue weighted by molar-refractivity contribution is 4.42. The summed E-state index contributed by atoms with van der Waals surface area (Å²) in [6, 6.07) is 0. The molecule has 0 aromatic carbocycles. The molecule has 66 valence electrons. The smallest absolute Gasteiger partial charge is 0.230 e. The first-order chi connectivity index (χ1) is 5.26. The molecule has 0 saturated carbocycles. The summed E-state index contributed by atoms with van der Waals surface area (Å²) >= 11 is 0. The van der Waals surface area contributed by atoms with Gasteiger partial charge in [-0.2, -0.15) is 0 Å². The lowest BCUT2D eigenvalue weighted by Crippen LogP contribution is -2.32. The highest BCUT2D eigenvalue weighted by atomic mass is 16.6. The third-order valence-corrected chi connectivity index (χ3v) is 1.30. The van der Waals surface area contributed by atoms with Gasteiger partial charge in [-0.1, -0.05) is 0 Å². The topological polar surface area (TPSA) is 87.9 Å². The van der Waals surface area contributed by atoms with Crippen molar-refractivity contribution in [3.63, 3.8) is 0 Å². The average molecular weight is 162 g/mol. The Morgan fingerprint density at radius 3 is 2.73 bits per heavy atom. The van der Waals surface area contributed by atoms with Crippen LogP contribution in [0.4, 0.5) is 0 Å². The number of nitrogens with two attached hydrogens (primary N) is 1. The number of hydrogen-bond donors (Lipinski definition) is 2. The predicted molar refractivity (Wildman–Crippen MR) is 38.8 cm³/mol. The summed E-state index contributed by atoms with van der Waals surface area (Å²) in [5, 5.41) is 22.6. The maximum atomic E-state index is 10.6. The molecule has 0 rings (SSSR count). The first kappa shape index (κ1) is 9.96. The van der Waals surface area contributed by atoms with Gasteiger partial charge in [-0.15, -0.1) is 5.01 Å². The molecular formula is C5H14N4O2. The fourth-order valence-corrected chi connectivity index (χ4v) is 0.695. The quantitative estimate of drug-likeness (QED) is 0.336. The molecule has 0 aliphatic rings. The molecule has 0 aromatic heterocycles. The van der Waals surface area contributed by atoms with Gasteiger partial charge in [-0.25, -0.2) is 0 Å². The van der Waals surface area contributed by atoms with Crippen LogP contribution < -0.4 is 5.73 Å². The Balaban J connectivity index is 3.75. The maximum absolute atomic E-state index is 10.6. The minimum absolute atomic E-state index is 0.162. The zero-order valence-corrected chi connectivity index (χ0v) is 6.60. The van der Waals surface area contributed by atoms with E-state index in [-0.39, 0.29) is 4.97 Å². The van der Waals surface area contributed by atoms with Crippen molar-refractivity contribution in [2.75, 3.05) is 19.6 Å². The molecular weight excluding hydrogens is 148 g/mol. The number of nitrogens with zero attached hydrogens (tertiary/aromatic N) is 3. The summed E-state index contributed by atoms with van der Waals surface area (Å²) in [4.78, 5) is 0.162. The predicted octanol–water partition coefficient (Wildman–Crippen LogP) is -0.0762. The molecule has 6 heteroatoms. The van der Waals surface area contributed by atoms with E-state index in [2.05, 4.69) is 5.28 Å². The Labute approximate surface area is 65.4 Å². The zero-order chi connectivity index (χ0) is 8.69. The number of hydrazine groups is 1. The van der Waals surface area contributed by atoms with Crippen LogP contribution in [0.2, 0.25) is 0 Å². The first-order valence-electron chi connectivity index (χ1n) is 3.53. The molecule has 0 aliphatic carbocycles. The Hall–Kier alpha value is -1.04. The van der Waals surface area contributed by atoms with Crippen LogP contribution in [0.3, 0.4) is 0 Å². The van der Waals surface area contributed by atoms with Crippen molar-refractivity contribution in [2.45, 2.75) is 13.3 Å². The van der Waals surface area contributed by atoms with Crippen LogP contribution in [-0.4, -0.2) is 34.8 Å². The molecule has 0 saturated heterocycles. The van der Waals surface area contributed by atoms with Crippen LogP contribution in [0.5, 0.6) is 0 Å². The van der Waals surface area contributed by atoms with Crippen molar-refractivity contribution in [2.24, 2.45) is 11.0 Å². The minimum atomic E-state index is 0.162. The molecule has 0 bridgehead atoms. The van der Waals surface area contributed by atoms with E-state index in [1.807, 2.05) is 0 Å². The summed E-state index contributed by atoms with van der Waals surface area (Å²) in [6.45, 7) is 3.34. The van der Waals surface area contributed by atoms with Crippen LogP contribution in [0.1, 0.15) is 13.3 Å². The lowest BCUT2D eigenvalue weighted by Gasteiger charge is -2.14. The van der Waals surface area contributed by atoms with Crippen molar-refractivity contribution in [3.8, 4) is 0 Å². The second kappa shape index (κ2) is 5.72. The van der Waals surface area contributed by atoms with Crippen molar-refractivity contribution in [3.05, 3.63) is 5.21 Å². The fourth-order valence-electron chi connectivity index (χ4n) is 0.695. The Morgan fingerprint density at radius 1 is 1.73 bits per heavy atom. The van der Waals surface area contributed by atoms with E-state index >= 15 is 0 Å². The summed E-state index contributed by atoms with van der Waals surface area (Å²) < 4.78 is 0. The van der Waals surface area contributed by atoms with Gasteiger partial charge in [0.1, 0.15) is 0 Å². The SMILES string of the molecule is CCN(CCCN)/[N+]([O-])=N\O. The van der Waals surface area contributed by atoms with Crippen LogP contribution >= 0.6 is 0 Å². The number of hydrogen-bond acceptors (Lipinski definition) is 3. The largest absolute Gasteiger partial charge is 0.569 e. The van der Waals surface area contributed by atoms with Gasteiger partial charge in [-0.3, -0.25) is 0 Å². The third kappa shape index (κ3) is 3.61. The first-order valence-corrected chi connectivity index (χ1v) is 3.53. The van der Waals surface area contributed by atoms with E-state index < -0.39 is 0 Å². The lowest BCUT2D eigenvalue weighted by atomic mass is 10.4. The van der Waals surface area contributed by atoms with Crippen LogP contribution in [-0.2, 0) is 0 Å². The molecule has 0 spiro atoms. The molecule has 3 N–H and O–H groups in total. The molecule has 0 unspecified atom stereocenters. The summed E-state index contributed by atoms with van der Waals surface area (Å²) in [5.41, 5.74) is 5.23. The van der Waals surface area contributed by atoms with Gasteiger partial charge in [0, 0.05) is 0 Å². The second-order valence-electron chi connectivity index (χ2n) is 2.03. The zero-order valence-electron chi connectivity index (χ0n) is 6.60. The molecule has 0 fully saturated rings. The molecule has 0 heterocycles. The van der Waals surface area contributed by atoms with Gasteiger partial charge in [0.2, 0.25) is 5.28 Å². The van der Waals surface area contributed by atoms with E-state index in [0.717, 1.165) is 0 Å². The summed E-state index contributed by atoms with van der Waals surface area (Å²) in [6.07, 6.45) is 0.710. The molecule has 0 atom stereocenters. The highest BCUT2D eigenvalue weighted by Crippen LogP contribution is 1.90. The monoisotopic (exact) mass is 162 g/mol. The normalized spacial score (nSPS) is 11.6. The molecule has 11 heavy (non-hydrogen) atoms. The fraction of sp³-hybridized carbons (Fsp3) is 1.00. The number of rotatable bonds is 5. The molecule has 0 aromatic rings. The van der Waals surface area contributed by atoms with E-state index in [1.165, 1.54) is 5.01 Å². The van der Waals surface area contributed by atoms with Gasteiger partial charge in [0.25, 0.3) is 0 Å². The average Bonchev–Trinajstić information content (AvgIpc) is 2.05. The summed E-state index contributed by atoms with van der Waals surface area (Å²) in [7, 11) is 0. The Morgan fingerprint density at radius 2 is 2.36 bits per heavy atom. The highest BCUT2D eigenvalue weighted by Gasteiger charge is 2.07. The maximum Gasteiger partial charge on any atom is 0.230 e. The third-order valence-electron chi connectivity index (χ3n) is 1.30. The van der Waals surface area contributed by atoms with Crippen LogP contribution in [0.25, 0.3) is 0 Å². The molecule has 6 nitrogen and oxygen atoms in total. The molecule has 0 aliphatic heterocycles. The molecule has 0 amide bonds. The van der Waals surface area contributed by atoms with E-state index in [9.17, 15) is 5.21 Å². The Kier molecular flexibility index (Phi) is 5.18. The van der Waals surface area contributed by atoms with Gasteiger partial charge in [0.15, 0.2) is 0 Å².